The summed E-state index contributed by atoms with van der Waals surface area (Å²) < 4.78 is 6.99. The molecule has 0 aliphatic rings. The Kier molecular flexibility index (Phi) is 5.29. The molecule has 0 spiro atoms. The number of anilines is 1. The van der Waals surface area contributed by atoms with Crippen LogP contribution >= 0.6 is 0 Å². The van der Waals surface area contributed by atoms with E-state index in [-0.39, 0.29) is 18.0 Å². The van der Waals surface area contributed by atoms with Gasteiger partial charge in [0.05, 0.1) is 5.39 Å². The monoisotopic (exact) mass is 386 g/mol. The van der Waals surface area contributed by atoms with Crippen molar-refractivity contribution < 1.29 is 9.53 Å². The van der Waals surface area contributed by atoms with Gasteiger partial charge in [0.2, 0.25) is 5.91 Å². The summed E-state index contributed by atoms with van der Waals surface area (Å²) in [5.74, 6) is 0.379. The topological polar surface area (TPSA) is 86.1 Å². The summed E-state index contributed by atoms with van der Waals surface area (Å²) in [5.41, 5.74) is 1.75. The van der Waals surface area contributed by atoms with Crippen molar-refractivity contribution in [2.24, 2.45) is 0 Å². The summed E-state index contributed by atoms with van der Waals surface area (Å²) in [6, 6.07) is 20.3. The second kappa shape index (κ2) is 8.35. The van der Waals surface area contributed by atoms with Gasteiger partial charge in [-0.25, -0.2) is 9.97 Å². The fourth-order valence-corrected chi connectivity index (χ4v) is 2.84. The van der Waals surface area contributed by atoms with E-state index in [1.807, 2.05) is 30.3 Å². The van der Waals surface area contributed by atoms with Crippen LogP contribution in [0, 0.1) is 0 Å². The molecule has 0 saturated heterocycles. The smallest absolute Gasteiger partial charge is 0.263 e. The predicted octanol–water partition coefficient (Wildman–Crippen LogP) is 3.01. The Hall–Kier alpha value is -4.00. The van der Waals surface area contributed by atoms with Crippen molar-refractivity contribution >= 4 is 22.6 Å². The molecule has 0 radical (unpaired) electrons. The lowest BCUT2D eigenvalue weighted by Gasteiger charge is -2.09. The lowest BCUT2D eigenvalue weighted by Crippen LogP contribution is -2.28. The first-order valence-corrected chi connectivity index (χ1v) is 9.06. The minimum absolute atomic E-state index is 0.136. The number of carbonyl (C=O) groups excluding carboxylic acids is 1. The zero-order chi connectivity index (χ0) is 20.1. The molecule has 0 aliphatic carbocycles. The Morgan fingerprint density at radius 2 is 1.76 bits per heavy atom. The molecular weight excluding hydrogens is 368 g/mol. The van der Waals surface area contributed by atoms with E-state index >= 15 is 0 Å². The van der Waals surface area contributed by atoms with Gasteiger partial charge in [0, 0.05) is 11.9 Å². The van der Waals surface area contributed by atoms with E-state index in [4.69, 9.17) is 4.74 Å². The molecule has 4 aromatic rings. The molecule has 0 aliphatic heterocycles. The first-order valence-electron chi connectivity index (χ1n) is 9.06. The zero-order valence-corrected chi connectivity index (χ0v) is 15.5. The molecule has 2 aromatic heterocycles. The van der Waals surface area contributed by atoms with Crippen LogP contribution in [0.5, 0.6) is 5.75 Å². The number of nitrogens with one attached hydrogen (secondary N) is 1. The second-order valence-electron chi connectivity index (χ2n) is 6.40. The molecule has 0 bridgehead atoms. The molecule has 0 fully saturated rings. The number of hydrogen-bond donors (Lipinski definition) is 1. The van der Waals surface area contributed by atoms with Crippen LogP contribution in [0.1, 0.15) is 5.56 Å². The van der Waals surface area contributed by atoms with E-state index in [1.54, 1.807) is 42.6 Å². The summed E-state index contributed by atoms with van der Waals surface area (Å²) in [6.07, 6.45) is 2.90. The first-order chi connectivity index (χ1) is 14.2. The molecule has 0 atom stereocenters. The molecule has 29 heavy (non-hydrogen) atoms. The van der Waals surface area contributed by atoms with Crippen LogP contribution in [-0.2, 0) is 17.9 Å². The van der Waals surface area contributed by atoms with Gasteiger partial charge in [0.25, 0.3) is 5.56 Å². The average molecular weight is 386 g/mol. The van der Waals surface area contributed by atoms with E-state index in [0.717, 1.165) is 5.56 Å². The number of rotatable bonds is 6. The van der Waals surface area contributed by atoms with Gasteiger partial charge in [-0.3, -0.25) is 14.2 Å². The van der Waals surface area contributed by atoms with Crippen molar-refractivity contribution in [1.29, 1.82) is 0 Å². The van der Waals surface area contributed by atoms with Gasteiger partial charge in [-0.15, -0.1) is 0 Å². The quantitative estimate of drug-likeness (QED) is 0.551. The Morgan fingerprint density at radius 3 is 2.55 bits per heavy atom. The molecule has 1 amide bonds. The minimum Gasteiger partial charge on any atom is -0.489 e. The maximum absolute atomic E-state index is 12.4. The Labute approximate surface area is 166 Å². The number of pyridine rings is 1. The fourth-order valence-electron chi connectivity index (χ4n) is 2.84. The van der Waals surface area contributed by atoms with Gasteiger partial charge in [0.15, 0.2) is 5.65 Å². The van der Waals surface area contributed by atoms with Crippen LogP contribution in [0.3, 0.4) is 0 Å². The number of benzene rings is 2. The highest BCUT2D eigenvalue weighted by atomic mass is 16.5. The number of fused-ring (bicyclic) bond motifs is 1. The van der Waals surface area contributed by atoms with Crippen molar-refractivity contribution in [2.45, 2.75) is 13.2 Å². The number of hydrogen-bond acceptors (Lipinski definition) is 5. The second-order valence-corrected chi connectivity index (χ2v) is 6.40. The SMILES string of the molecule is O=C(Cn1cnc2ncccc2c1=O)Nc1ccc(OCc2ccccc2)cc1. The Balaban J connectivity index is 1.37. The molecule has 144 valence electrons. The van der Waals surface area contributed by atoms with Gasteiger partial charge in [0.1, 0.15) is 25.2 Å². The number of amides is 1. The summed E-state index contributed by atoms with van der Waals surface area (Å²) in [7, 11) is 0. The third-order valence-electron chi connectivity index (χ3n) is 4.30. The zero-order valence-electron chi connectivity index (χ0n) is 15.5. The van der Waals surface area contributed by atoms with Crippen LogP contribution in [-0.4, -0.2) is 20.4 Å². The van der Waals surface area contributed by atoms with Gasteiger partial charge < -0.3 is 10.1 Å². The summed E-state index contributed by atoms with van der Waals surface area (Å²) in [4.78, 5) is 32.9. The first kappa shape index (κ1) is 18.4. The molecule has 2 heterocycles. The minimum atomic E-state index is -0.324. The molecule has 1 N–H and O–H groups in total. The van der Waals surface area contributed by atoms with Gasteiger partial charge in [-0.1, -0.05) is 30.3 Å². The Morgan fingerprint density at radius 1 is 0.966 bits per heavy atom. The molecule has 0 unspecified atom stereocenters. The number of carbonyl (C=O) groups is 1. The summed E-state index contributed by atoms with van der Waals surface area (Å²) in [6.45, 7) is 0.336. The average Bonchev–Trinajstić information content (AvgIpc) is 2.76. The summed E-state index contributed by atoms with van der Waals surface area (Å²) in [5, 5.41) is 3.15. The van der Waals surface area contributed by atoms with Crippen LogP contribution < -0.4 is 15.6 Å². The van der Waals surface area contributed by atoms with Crippen LogP contribution in [0.15, 0.2) is 84.0 Å². The largest absolute Gasteiger partial charge is 0.489 e. The number of ether oxygens (including phenoxy) is 1. The predicted molar refractivity (Wildman–Crippen MR) is 110 cm³/mol. The lowest BCUT2D eigenvalue weighted by atomic mass is 10.2. The maximum atomic E-state index is 12.4. The van der Waals surface area contributed by atoms with Crippen LogP contribution in [0.2, 0.25) is 0 Å². The van der Waals surface area contributed by atoms with Crippen molar-refractivity contribution in [2.75, 3.05) is 5.32 Å². The van der Waals surface area contributed by atoms with E-state index in [2.05, 4.69) is 15.3 Å². The third kappa shape index (κ3) is 4.47. The van der Waals surface area contributed by atoms with Crippen LogP contribution in [0.4, 0.5) is 5.69 Å². The molecule has 0 saturated carbocycles. The maximum Gasteiger partial charge on any atom is 0.263 e. The molecule has 2 aromatic carbocycles. The van der Waals surface area contributed by atoms with Crippen molar-refractivity contribution in [3.8, 4) is 5.75 Å². The van der Waals surface area contributed by atoms with Gasteiger partial charge in [-0.2, -0.15) is 0 Å². The molecule has 4 rings (SSSR count). The highest BCUT2D eigenvalue weighted by molar-refractivity contribution is 5.90. The molecule has 7 nitrogen and oxygen atoms in total. The van der Waals surface area contributed by atoms with Crippen LogP contribution in [0.25, 0.3) is 11.0 Å². The van der Waals surface area contributed by atoms with Crippen molar-refractivity contribution in [3.63, 3.8) is 0 Å². The normalized spacial score (nSPS) is 10.6. The van der Waals surface area contributed by atoms with E-state index < -0.39 is 0 Å². The Bertz CT molecular complexity index is 1190. The van der Waals surface area contributed by atoms with E-state index in [9.17, 15) is 9.59 Å². The van der Waals surface area contributed by atoms with E-state index in [1.165, 1.54) is 10.9 Å². The number of aromatic nitrogens is 3. The van der Waals surface area contributed by atoms with E-state index in [0.29, 0.717) is 29.1 Å². The van der Waals surface area contributed by atoms with Crippen molar-refractivity contribution in [3.05, 3.63) is 95.2 Å². The fraction of sp³-hybridized carbons (Fsp3) is 0.0909. The van der Waals surface area contributed by atoms with Crippen molar-refractivity contribution in [1.82, 2.24) is 14.5 Å². The van der Waals surface area contributed by atoms with Gasteiger partial charge in [-0.05, 0) is 42.0 Å². The lowest BCUT2D eigenvalue weighted by molar-refractivity contribution is -0.116. The summed E-state index contributed by atoms with van der Waals surface area (Å²) >= 11 is 0. The number of nitrogens with zero attached hydrogens (tertiary/aromatic N) is 3. The third-order valence-corrected chi connectivity index (χ3v) is 4.30. The van der Waals surface area contributed by atoms with Gasteiger partial charge >= 0.3 is 0 Å². The highest BCUT2D eigenvalue weighted by Crippen LogP contribution is 2.17. The molecule has 7 heteroatoms. The standard InChI is InChI=1S/C22H18N4O3/c27-20(13-26-15-24-21-19(22(26)28)7-4-12-23-21)25-17-8-10-18(11-9-17)29-14-16-5-2-1-3-6-16/h1-12,15H,13-14H2,(H,25,27). The molecular formula is C22H18N4O3. The highest BCUT2D eigenvalue weighted by Gasteiger charge is 2.09.